The van der Waals surface area contributed by atoms with Crippen molar-refractivity contribution in [2.75, 3.05) is 5.32 Å². The summed E-state index contributed by atoms with van der Waals surface area (Å²) in [6.07, 6.45) is 1.33. The maximum Gasteiger partial charge on any atom is 0.230 e. The fraction of sp³-hybridized carbons (Fsp3) is 0.154. The van der Waals surface area contributed by atoms with Crippen LogP contribution in [0.3, 0.4) is 0 Å². The number of hydrogen-bond acceptors (Lipinski definition) is 3. The van der Waals surface area contributed by atoms with Crippen LogP contribution in [0.4, 0.5) is 14.6 Å². The van der Waals surface area contributed by atoms with Crippen LogP contribution in [0.1, 0.15) is 11.1 Å². The standard InChI is InChI=1S/C13H10F2N4O/c1-19-7-9(6-16)13(18-19)17-12(20)5-8-2-3-10(14)11(15)4-8/h2-4,7H,5H2,1H3,(H,17,18,20). The van der Waals surface area contributed by atoms with Gasteiger partial charge in [-0.3, -0.25) is 9.48 Å². The molecule has 0 fully saturated rings. The summed E-state index contributed by atoms with van der Waals surface area (Å²) >= 11 is 0. The molecular formula is C13H10F2N4O. The maximum atomic E-state index is 13.0. The van der Waals surface area contributed by atoms with Crippen molar-refractivity contribution in [3.05, 3.63) is 47.2 Å². The topological polar surface area (TPSA) is 70.7 Å². The fourth-order valence-corrected chi connectivity index (χ4v) is 1.67. The van der Waals surface area contributed by atoms with Crippen LogP contribution in [0.25, 0.3) is 0 Å². The highest BCUT2D eigenvalue weighted by Crippen LogP contribution is 2.13. The van der Waals surface area contributed by atoms with Gasteiger partial charge in [0.2, 0.25) is 5.91 Å². The summed E-state index contributed by atoms with van der Waals surface area (Å²) in [7, 11) is 1.62. The average molecular weight is 276 g/mol. The molecule has 1 heterocycles. The molecule has 1 aromatic carbocycles. The van der Waals surface area contributed by atoms with E-state index < -0.39 is 17.5 Å². The number of nitrogens with one attached hydrogen (secondary N) is 1. The molecular weight excluding hydrogens is 266 g/mol. The SMILES string of the molecule is Cn1cc(C#N)c(NC(=O)Cc2ccc(F)c(F)c2)n1. The zero-order valence-electron chi connectivity index (χ0n) is 10.5. The van der Waals surface area contributed by atoms with E-state index in [1.807, 2.05) is 6.07 Å². The lowest BCUT2D eigenvalue weighted by molar-refractivity contribution is -0.115. The Morgan fingerprint density at radius 1 is 1.45 bits per heavy atom. The van der Waals surface area contributed by atoms with Crippen LogP contribution in [-0.4, -0.2) is 15.7 Å². The Bertz CT molecular complexity index is 703. The van der Waals surface area contributed by atoms with Crippen molar-refractivity contribution in [3.63, 3.8) is 0 Å². The minimum Gasteiger partial charge on any atom is -0.308 e. The number of nitriles is 1. The maximum absolute atomic E-state index is 13.0. The number of amides is 1. The second-order valence-corrected chi connectivity index (χ2v) is 4.15. The van der Waals surface area contributed by atoms with E-state index in [0.29, 0.717) is 5.56 Å². The van der Waals surface area contributed by atoms with E-state index in [-0.39, 0.29) is 17.8 Å². The highest BCUT2D eigenvalue weighted by atomic mass is 19.2. The summed E-state index contributed by atoms with van der Waals surface area (Å²) in [5.41, 5.74) is 0.557. The lowest BCUT2D eigenvalue weighted by Crippen LogP contribution is -2.15. The largest absolute Gasteiger partial charge is 0.308 e. The smallest absolute Gasteiger partial charge is 0.230 e. The Labute approximate surface area is 113 Å². The number of carbonyl (C=O) groups is 1. The molecule has 0 unspecified atom stereocenters. The number of aromatic nitrogens is 2. The van der Waals surface area contributed by atoms with Gasteiger partial charge in [-0.15, -0.1) is 0 Å². The zero-order valence-corrected chi connectivity index (χ0v) is 10.5. The van der Waals surface area contributed by atoms with Gasteiger partial charge in [-0.05, 0) is 17.7 Å². The molecule has 20 heavy (non-hydrogen) atoms. The average Bonchev–Trinajstić information content (AvgIpc) is 2.74. The molecule has 0 spiro atoms. The van der Waals surface area contributed by atoms with Gasteiger partial charge in [-0.2, -0.15) is 10.4 Å². The predicted octanol–water partition coefficient (Wildman–Crippen LogP) is 1.75. The normalized spacial score (nSPS) is 10.1. The lowest BCUT2D eigenvalue weighted by Gasteiger charge is -2.03. The number of carbonyl (C=O) groups excluding carboxylic acids is 1. The minimum absolute atomic E-state index is 0.140. The van der Waals surface area contributed by atoms with Crippen molar-refractivity contribution in [1.29, 1.82) is 5.26 Å². The Hall–Kier alpha value is -2.75. The molecule has 1 aromatic heterocycles. The van der Waals surface area contributed by atoms with E-state index in [2.05, 4.69) is 10.4 Å². The highest BCUT2D eigenvalue weighted by Gasteiger charge is 2.12. The summed E-state index contributed by atoms with van der Waals surface area (Å²) in [5.74, 6) is -2.30. The van der Waals surface area contributed by atoms with Gasteiger partial charge in [0.15, 0.2) is 17.5 Å². The molecule has 0 saturated heterocycles. The number of halogens is 2. The number of hydrogen-bond donors (Lipinski definition) is 1. The van der Waals surface area contributed by atoms with Gasteiger partial charge in [-0.1, -0.05) is 6.07 Å². The second kappa shape index (κ2) is 5.48. The van der Waals surface area contributed by atoms with Gasteiger partial charge in [0, 0.05) is 13.2 Å². The molecule has 1 amide bonds. The van der Waals surface area contributed by atoms with E-state index in [4.69, 9.17) is 5.26 Å². The van der Waals surface area contributed by atoms with Gasteiger partial charge in [0.1, 0.15) is 11.6 Å². The zero-order chi connectivity index (χ0) is 14.7. The number of rotatable bonds is 3. The summed E-state index contributed by atoms with van der Waals surface area (Å²) in [6, 6.07) is 5.13. The monoisotopic (exact) mass is 276 g/mol. The summed E-state index contributed by atoms with van der Waals surface area (Å²) in [5, 5.41) is 15.2. The first kappa shape index (κ1) is 13.7. The molecule has 0 aliphatic carbocycles. The first-order valence-electron chi connectivity index (χ1n) is 5.67. The van der Waals surface area contributed by atoms with Crippen molar-refractivity contribution in [1.82, 2.24) is 9.78 Å². The van der Waals surface area contributed by atoms with Gasteiger partial charge in [-0.25, -0.2) is 8.78 Å². The van der Waals surface area contributed by atoms with Crippen LogP contribution in [-0.2, 0) is 18.3 Å². The quantitative estimate of drug-likeness (QED) is 0.928. The molecule has 7 heteroatoms. The van der Waals surface area contributed by atoms with E-state index in [0.717, 1.165) is 12.1 Å². The first-order chi connectivity index (χ1) is 9.49. The van der Waals surface area contributed by atoms with Gasteiger partial charge in [0.05, 0.1) is 6.42 Å². The predicted molar refractivity (Wildman–Crippen MR) is 66.6 cm³/mol. The minimum atomic E-state index is -1.01. The van der Waals surface area contributed by atoms with Crippen molar-refractivity contribution in [3.8, 4) is 6.07 Å². The van der Waals surface area contributed by atoms with Crippen molar-refractivity contribution in [2.45, 2.75) is 6.42 Å². The van der Waals surface area contributed by atoms with E-state index in [9.17, 15) is 13.6 Å². The number of aryl methyl sites for hydroxylation is 1. The molecule has 0 bridgehead atoms. The van der Waals surface area contributed by atoms with Crippen molar-refractivity contribution < 1.29 is 13.6 Å². The van der Waals surface area contributed by atoms with Gasteiger partial charge < -0.3 is 5.32 Å². The number of benzene rings is 1. The Kier molecular flexibility index (Phi) is 3.75. The van der Waals surface area contributed by atoms with Crippen LogP contribution in [0.5, 0.6) is 0 Å². The Morgan fingerprint density at radius 2 is 2.20 bits per heavy atom. The molecule has 0 atom stereocenters. The van der Waals surface area contributed by atoms with Crippen LogP contribution >= 0.6 is 0 Å². The third kappa shape index (κ3) is 2.98. The summed E-state index contributed by atoms with van der Waals surface area (Å²) in [4.78, 5) is 11.8. The highest BCUT2D eigenvalue weighted by molar-refractivity contribution is 5.92. The molecule has 0 aliphatic heterocycles. The van der Waals surface area contributed by atoms with Crippen LogP contribution in [0.2, 0.25) is 0 Å². The molecule has 102 valence electrons. The molecule has 2 aromatic rings. The Morgan fingerprint density at radius 3 is 2.85 bits per heavy atom. The number of anilines is 1. The van der Waals surface area contributed by atoms with Gasteiger partial charge >= 0.3 is 0 Å². The van der Waals surface area contributed by atoms with E-state index in [1.54, 1.807) is 7.05 Å². The Balaban J connectivity index is 2.09. The molecule has 0 aliphatic rings. The van der Waals surface area contributed by atoms with Crippen molar-refractivity contribution in [2.24, 2.45) is 7.05 Å². The molecule has 5 nitrogen and oxygen atoms in total. The summed E-state index contributed by atoms with van der Waals surface area (Å²) in [6.45, 7) is 0. The van der Waals surface area contributed by atoms with E-state index in [1.165, 1.54) is 16.9 Å². The van der Waals surface area contributed by atoms with E-state index >= 15 is 0 Å². The molecule has 0 radical (unpaired) electrons. The van der Waals surface area contributed by atoms with Crippen LogP contribution in [0, 0.1) is 23.0 Å². The molecule has 2 rings (SSSR count). The summed E-state index contributed by atoms with van der Waals surface area (Å²) < 4.78 is 27.2. The third-order valence-corrected chi connectivity index (χ3v) is 2.56. The van der Waals surface area contributed by atoms with Crippen LogP contribution in [0.15, 0.2) is 24.4 Å². The fourth-order valence-electron chi connectivity index (χ4n) is 1.67. The van der Waals surface area contributed by atoms with Gasteiger partial charge in [0.25, 0.3) is 0 Å². The third-order valence-electron chi connectivity index (χ3n) is 2.56. The molecule has 1 N–H and O–H groups in total. The first-order valence-corrected chi connectivity index (χ1v) is 5.67. The van der Waals surface area contributed by atoms with Crippen LogP contribution < -0.4 is 5.32 Å². The number of nitrogens with zero attached hydrogens (tertiary/aromatic N) is 3. The second-order valence-electron chi connectivity index (χ2n) is 4.15. The van der Waals surface area contributed by atoms with Crippen molar-refractivity contribution >= 4 is 11.7 Å². The lowest BCUT2D eigenvalue weighted by atomic mass is 10.1. The molecule has 0 saturated carbocycles.